The van der Waals surface area contributed by atoms with Crippen LogP contribution in [0.4, 0.5) is 4.39 Å². The van der Waals surface area contributed by atoms with E-state index in [9.17, 15) is 14.0 Å². The van der Waals surface area contributed by atoms with Crippen molar-refractivity contribution in [3.05, 3.63) is 35.9 Å². The van der Waals surface area contributed by atoms with Crippen LogP contribution >= 0.6 is 27.7 Å². The Labute approximate surface area is 146 Å². The summed E-state index contributed by atoms with van der Waals surface area (Å²) < 4.78 is 16.9. The fourth-order valence-electron chi connectivity index (χ4n) is 3.00. The van der Waals surface area contributed by atoms with Gasteiger partial charge in [-0.1, -0.05) is 46.3 Å². The van der Waals surface area contributed by atoms with Crippen molar-refractivity contribution < 1.29 is 18.7 Å². The lowest BCUT2D eigenvalue weighted by Crippen LogP contribution is -2.71. The number of esters is 1. The molecular weight excluding hydrogens is 385 g/mol. The van der Waals surface area contributed by atoms with E-state index in [0.717, 1.165) is 5.56 Å². The van der Waals surface area contributed by atoms with Crippen molar-refractivity contribution in [1.82, 2.24) is 4.90 Å². The number of ether oxygens (including phenoxy) is 1. The van der Waals surface area contributed by atoms with Crippen LogP contribution in [0.1, 0.15) is 19.4 Å². The first-order valence-corrected chi connectivity index (χ1v) is 8.94. The Hall–Kier alpha value is -1.08. The Morgan fingerprint density at radius 2 is 2.04 bits per heavy atom. The van der Waals surface area contributed by atoms with Crippen LogP contribution in [0.3, 0.4) is 0 Å². The van der Waals surface area contributed by atoms with E-state index >= 15 is 0 Å². The van der Waals surface area contributed by atoms with Crippen LogP contribution in [0.2, 0.25) is 0 Å². The minimum absolute atomic E-state index is 0.159. The highest BCUT2D eigenvalue weighted by Gasteiger charge is 2.71. The Morgan fingerprint density at radius 1 is 1.39 bits per heavy atom. The molecule has 1 amide bonds. The molecule has 3 atom stereocenters. The van der Waals surface area contributed by atoms with Gasteiger partial charge < -0.3 is 9.64 Å². The van der Waals surface area contributed by atoms with E-state index in [-0.39, 0.29) is 17.9 Å². The van der Waals surface area contributed by atoms with Crippen LogP contribution in [0, 0.1) is 0 Å². The maximum atomic E-state index is 13.2. The molecule has 2 fully saturated rings. The lowest BCUT2D eigenvalue weighted by atomic mass is 9.92. The highest BCUT2D eigenvalue weighted by Crippen LogP contribution is 2.58. The fraction of sp³-hybridized carbons (Fsp3) is 0.500. The molecule has 0 saturated carbocycles. The van der Waals surface area contributed by atoms with Crippen molar-refractivity contribution in [2.75, 3.05) is 6.67 Å². The van der Waals surface area contributed by atoms with Crippen LogP contribution in [-0.2, 0) is 20.9 Å². The van der Waals surface area contributed by atoms with Gasteiger partial charge in [-0.05, 0) is 19.4 Å². The first-order chi connectivity index (χ1) is 10.8. The zero-order valence-electron chi connectivity index (χ0n) is 12.8. The minimum Gasteiger partial charge on any atom is -0.459 e. The molecule has 0 N–H and O–H groups in total. The van der Waals surface area contributed by atoms with Gasteiger partial charge in [-0.2, -0.15) is 0 Å². The van der Waals surface area contributed by atoms with E-state index in [1.54, 1.807) is 0 Å². The Bertz CT molecular complexity index is 641. The third-order valence-electron chi connectivity index (χ3n) is 4.23. The van der Waals surface area contributed by atoms with Crippen molar-refractivity contribution in [3.63, 3.8) is 0 Å². The molecule has 0 spiro atoms. The summed E-state index contributed by atoms with van der Waals surface area (Å²) in [6.07, 6.45) is 0. The third kappa shape index (κ3) is 2.58. The predicted octanol–water partition coefficient (Wildman–Crippen LogP) is 2.90. The molecule has 0 bridgehead atoms. The molecule has 0 radical (unpaired) electrons. The summed E-state index contributed by atoms with van der Waals surface area (Å²) >= 11 is 4.63. The SMILES string of the molecule is CC1(C)S[C@H]2N(C(=O)[C@]2(Br)CF)[C@H]1C(=O)OCc1ccccc1. The lowest BCUT2D eigenvalue weighted by molar-refractivity contribution is -0.165. The molecule has 3 rings (SSSR count). The molecule has 2 aliphatic rings. The summed E-state index contributed by atoms with van der Waals surface area (Å²) in [5.74, 6) is -0.833. The van der Waals surface area contributed by atoms with Crippen LogP contribution in [0.25, 0.3) is 0 Å². The van der Waals surface area contributed by atoms with Gasteiger partial charge in [0.2, 0.25) is 5.91 Å². The largest absolute Gasteiger partial charge is 0.459 e. The van der Waals surface area contributed by atoms with Crippen LogP contribution in [0.5, 0.6) is 0 Å². The van der Waals surface area contributed by atoms with Crippen molar-refractivity contribution in [1.29, 1.82) is 0 Å². The molecule has 2 heterocycles. The van der Waals surface area contributed by atoms with Crippen LogP contribution in [0.15, 0.2) is 30.3 Å². The first kappa shape index (κ1) is 16.8. The summed E-state index contributed by atoms with van der Waals surface area (Å²) in [6.45, 7) is 3.13. The number of alkyl halides is 2. The molecule has 124 valence electrons. The number of nitrogens with zero attached hydrogens (tertiary/aromatic N) is 1. The molecule has 4 nitrogen and oxygen atoms in total. The van der Waals surface area contributed by atoms with E-state index in [2.05, 4.69) is 15.9 Å². The highest BCUT2D eigenvalue weighted by atomic mass is 79.9. The summed E-state index contributed by atoms with van der Waals surface area (Å²) in [6, 6.07) is 8.66. The number of β-lactam (4-membered cyclic amide) rings is 1. The van der Waals surface area contributed by atoms with Gasteiger partial charge in [0.25, 0.3) is 0 Å². The Morgan fingerprint density at radius 3 is 2.65 bits per heavy atom. The van der Waals surface area contributed by atoms with E-state index in [1.165, 1.54) is 16.7 Å². The van der Waals surface area contributed by atoms with Gasteiger partial charge in [0.15, 0.2) is 4.32 Å². The highest BCUT2D eigenvalue weighted by molar-refractivity contribution is 9.10. The van der Waals surface area contributed by atoms with Crippen LogP contribution in [-0.4, -0.2) is 43.9 Å². The van der Waals surface area contributed by atoms with Gasteiger partial charge in [-0.3, -0.25) is 4.79 Å². The Kier molecular flexibility index (Phi) is 4.21. The number of rotatable bonds is 4. The third-order valence-corrected chi connectivity index (χ3v) is 7.20. The number of fused-ring (bicyclic) bond motifs is 1. The van der Waals surface area contributed by atoms with Gasteiger partial charge in [0.05, 0.1) is 0 Å². The average molecular weight is 402 g/mol. The number of benzene rings is 1. The Balaban J connectivity index is 1.74. The standard InChI is InChI=1S/C16H17BrFNO3S/c1-15(2)11(12(20)22-8-10-6-4-3-5-7-10)19-13(21)16(17,9-18)14(19)23-15/h3-7,11,14H,8-9H2,1-2H3/t11-,14+,16+/m0/s1. The van der Waals surface area contributed by atoms with Crippen LogP contribution < -0.4 is 0 Å². The molecule has 0 aromatic heterocycles. The van der Waals surface area contributed by atoms with Crippen molar-refractivity contribution in [2.45, 2.75) is 40.9 Å². The monoisotopic (exact) mass is 401 g/mol. The maximum absolute atomic E-state index is 13.2. The number of halogens is 2. The second kappa shape index (κ2) is 5.77. The van der Waals surface area contributed by atoms with E-state index in [1.807, 2.05) is 44.2 Å². The summed E-state index contributed by atoms with van der Waals surface area (Å²) in [4.78, 5) is 26.3. The summed E-state index contributed by atoms with van der Waals surface area (Å²) in [7, 11) is 0. The van der Waals surface area contributed by atoms with E-state index in [4.69, 9.17) is 4.74 Å². The zero-order chi connectivity index (χ0) is 16.8. The quantitative estimate of drug-likeness (QED) is 0.442. The van der Waals surface area contributed by atoms with Gasteiger partial charge in [0, 0.05) is 4.75 Å². The van der Waals surface area contributed by atoms with Gasteiger partial charge in [0.1, 0.15) is 24.7 Å². The number of thioether (sulfide) groups is 1. The van der Waals surface area contributed by atoms with E-state index < -0.39 is 27.8 Å². The van der Waals surface area contributed by atoms with Gasteiger partial charge >= 0.3 is 5.97 Å². The van der Waals surface area contributed by atoms with Crippen molar-refractivity contribution in [2.24, 2.45) is 0 Å². The maximum Gasteiger partial charge on any atom is 0.330 e. The predicted molar refractivity (Wildman–Crippen MR) is 90.0 cm³/mol. The topological polar surface area (TPSA) is 46.6 Å². The molecule has 1 aromatic rings. The number of hydrogen-bond acceptors (Lipinski definition) is 4. The summed E-state index contributed by atoms with van der Waals surface area (Å²) in [5.41, 5.74) is 0.884. The first-order valence-electron chi connectivity index (χ1n) is 7.27. The van der Waals surface area contributed by atoms with E-state index in [0.29, 0.717) is 0 Å². The number of hydrogen-bond donors (Lipinski definition) is 0. The second-order valence-electron chi connectivity index (χ2n) is 6.28. The van der Waals surface area contributed by atoms with Crippen molar-refractivity contribution in [3.8, 4) is 0 Å². The molecule has 0 aliphatic carbocycles. The molecule has 2 saturated heterocycles. The smallest absolute Gasteiger partial charge is 0.330 e. The average Bonchev–Trinajstić information content (AvgIpc) is 2.82. The normalized spacial score (nSPS) is 31.5. The number of carbonyl (C=O) groups is 2. The second-order valence-corrected chi connectivity index (χ2v) is 9.43. The zero-order valence-corrected chi connectivity index (χ0v) is 15.2. The number of amides is 1. The molecular formula is C16H17BrFNO3S. The molecule has 2 aliphatic heterocycles. The number of carbonyl (C=O) groups excluding carboxylic acids is 2. The van der Waals surface area contributed by atoms with Crippen molar-refractivity contribution >= 4 is 39.6 Å². The fourth-order valence-corrected chi connectivity index (χ4v) is 5.30. The molecule has 1 aromatic carbocycles. The van der Waals surface area contributed by atoms with Gasteiger partial charge in [-0.15, -0.1) is 11.8 Å². The summed E-state index contributed by atoms with van der Waals surface area (Å²) in [5, 5.41) is -0.385. The lowest BCUT2D eigenvalue weighted by Gasteiger charge is -2.48. The molecule has 0 unspecified atom stereocenters. The molecule has 23 heavy (non-hydrogen) atoms. The van der Waals surface area contributed by atoms with Gasteiger partial charge in [-0.25, -0.2) is 9.18 Å². The minimum atomic E-state index is -1.20. The molecule has 7 heteroatoms.